The van der Waals surface area contributed by atoms with Crippen LogP contribution in [0.1, 0.15) is 36.9 Å². The van der Waals surface area contributed by atoms with E-state index in [4.69, 9.17) is 5.73 Å². The van der Waals surface area contributed by atoms with Gasteiger partial charge in [0, 0.05) is 31.0 Å². The van der Waals surface area contributed by atoms with Gasteiger partial charge in [0.1, 0.15) is 0 Å². The summed E-state index contributed by atoms with van der Waals surface area (Å²) >= 11 is 0. The SMILES string of the molecule is Cc1ccc(CC(=O)N2CCC(N3CCCC3C(N)=O)CC2)cn1. The first-order chi connectivity index (χ1) is 11.5. The van der Waals surface area contributed by atoms with Crippen molar-refractivity contribution in [2.75, 3.05) is 19.6 Å². The van der Waals surface area contributed by atoms with Crippen molar-refractivity contribution in [2.24, 2.45) is 5.73 Å². The van der Waals surface area contributed by atoms with Crippen LogP contribution in [0.5, 0.6) is 0 Å². The Labute approximate surface area is 143 Å². The summed E-state index contributed by atoms with van der Waals surface area (Å²) in [6.45, 7) is 4.39. The number of rotatable bonds is 4. The normalized spacial score (nSPS) is 22.7. The lowest BCUT2D eigenvalue weighted by Gasteiger charge is -2.38. The van der Waals surface area contributed by atoms with Gasteiger partial charge < -0.3 is 10.6 Å². The Hall–Kier alpha value is -1.95. The fourth-order valence-electron chi connectivity index (χ4n) is 3.87. The number of aromatic nitrogens is 1. The van der Waals surface area contributed by atoms with Gasteiger partial charge in [-0.2, -0.15) is 0 Å². The molecule has 0 radical (unpaired) electrons. The van der Waals surface area contributed by atoms with Crippen LogP contribution in [0.2, 0.25) is 0 Å². The highest BCUT2D eigenvalue weighted by atomic mass is 16.2. The minimum absolute atomic E-state index is 0.115. The van der Waals surface area contributed by atoms with Crippen molar-refractivity contribution in [3.05, 3.63) is 29.6 Å². The summed E-state index contributed by atoms with van der Waals surface area (Å²) in [5, 5.41) is 0. The maximum Gasteiger partial charge on any atom is 0.234 e. The molecule has 130 valence electrons. The number of hydrogen-bond donors (Lipinski definition) is 1. The molecule has 6 nitrogen and oxygen atoms in total. The van der Waals surface area contributed by atoms with Gasteiger partial charge in [-0.05, 0) is 50.8 Å². The van der Waals surface area contributed by atoms with Gasteiger partial charge in [-0.25, -0.2) is 0 Å². The Morgan fingerprint density at radius 2 is 1.96 bits per heavy atom. The van der Waals surface area contributed by atoms with Crippen molar-refractivity contribution in [2.45, 2.75) is 51.1 Å². The first-order valence-electron chi connectivity index (χ1n) is 8.79. The number of hydrogen-bond acceptors (Lipinski definition) is 4. The number of piperidine rings is 1. The Morgan fingerprint density at radius 3 is 2.58 bits per heavy atom. The van der Waals surface area contributed by atoms with Gasteiger partial charge in [-0.1, -0.05) is 6.07 Å². The van der Waals surface area contributed by atoms with Crippen LogP contribution in [0.3, 0.4) is 0 Å². The molecule has 0 bridgehead atoms. The average molecular weight is 330 g/mol. The number of carbonyl (C=O) groups excluding carboxylic acids is 2. The van der Waals surface area contributed by atoms with Crippen LogP contribution >= 0.6 is 0 Å². The Bertz CT molecular complexity index is 594. The number of primary amides is 1. The first kappa shape index (κ1) is 16.9. The minimum atomic E-state index is -0.210. The molecule has 0 aromatic carbocycles. The number of pyridine rings is 1. The number of likely N-dealkylation sites (tertiary alicyclic amines) is 2. The number of amides is 2. The summed E-state index contributed by atoms with van der Waals surface area (Å²) in [4.78, 5) is 32.5. The molecule has 1 atom stereocenters. The molecule has 24 heavy (non-hydrogen) atoms. The van der Waals surface area contributed by atoms with Crippen LogP contribution in [0.4, 0.5) is 0 Å². The van der Waals surface area contributed by atoms with Crippen molar-refractivity contribution in [3.63, 3.8) is 0 Å². The van der Waals surface area contributed by atoms with E-state index in [1.165, 1.54) is 0 Å². The van der Waals surface area contributed by atoms with Crippen molar-refractivity contribution in [1.29, 1.82) is 0 Å². The predicted molar refractivity (Wildman–Crippen MR) is 91.2 cm³/mol. The largest absolute Gasteiger partial charge is 0.368 e. The molecule has 3 rings (SSSR count). The fraction of sp³-hybridized carbons (Fsp3) is 0.611. The van der Waals surface area contributed by atoms with Gasteiger partial charge in [0.05, 0.1) is 12.5 Å². The lowest BCUT2D eigenvalue weighted by Crippen LogP contribution is -2.51. The zero-order chi connectivity index (χ0) is 17.1. The summed E-state index contributed by atoms with van der Waals surface area (Å²) in [5.41, 5.74) is 7.43. The van der Waals surface area contributed by atoms with E-state index in [1.54, 1.807) is 6.20 Å². The van der Waals surface area contributed by atoms with Crippen LogP contribution in [-0.2, 0) is 16.0 Å². The molecular formula is C18H26N4O2. The van der Waals surface area contributed by atoms with Crippen molar-refractivity contribution in [3.8, 4) is 0 Å². The summed E-state index contributed by atoms with van der Waals surface area (Å²) in [7, 11) is 0. The monoisotopic (exact) mass is 330 g/mol. The van der Waals surface area contributed by atoms with E-state index in [9.17, 15) is 9.59 Å². The summed E-state index contributed by atoms with van der Waals surface area (Å²) in [5.74, 6) is -0.0511. The van der Waals surface area contributed by atoms with Crippen molar-refractivity contribution >= 4 is 11.8 Å². The maximum atomic E-state index is 12.5. The molecular weight excluding hydrogens is 304 g/mol. The molecule has 2 aliphatic rings. The quantitative estimate of drug-likeness (QED) is 0.888. The van der Waals surface area contributed by atoms with Crippen molar-refractivity contribution < 1.29 is 9.59 Å². The minimum Gasteiger partial charge on any atom is -0.368 e. The van der Waals surface area contributed by atoms with E-state index in [-0.39, 0.29) is 17.9 Å². The molecule has 6 heteroatoms. The van der Waals surface area contributed by atoms with Gasteiger partial charge in [-0.15, -0.1) is 0 Å². The molecule has 2 fully saturated rings. The number of nitrogens with zero attached hydrogens (tertiary/aromatic N) is 3. The van der Waals surface area contributed by atoms with Crippen LogP contribution < -0.4 is 5.73 Å². The van der Waals surface area contributed by atoms with Crippen molar-refractivity contribution in [1.82, 2.24) is 14.8 Å². The summed E-state index contributed by atoms with van der Waals surface area (Å²) in [6, 6.07) is 4.16. The number of aryl methyl sites for hydroxylation is 1. The maximum absolute atomic E-state index is 12.5. The summed E-state index contributed by atoms with van der Waals surface area (Å²) < 4.78 is 0. The van der Waals surface area contributed by atoms with E-state index in [0.717, 1.165) is 56.6 Å². The van der Waals surface area contributed by atoms with Gasteiger partial charge >= 0.3 is 0 Å². The third-order valence-corrected chi connectivity index (χ3v) is 5.24. The summed E-state index contributed by atoms with van der Waals surface area (Å²) in [6.07, 6.45) is 5.93. The van der Waals surface area contributed by atoms with Crippen LogP contribution in [0.15, 0.2) is 18.3 Å². The third kappa shape index (κ3) is 3.75. The number of nitrogens with two attached hydrogens (primary N) is 1. The standard InChI is InChI=1S/C18H26N4O2/c1-13-4-5-14(12-20-13)11-17(23)21-9-6-15(7-10-21)22-8-2-3-16(22)18(19)24/h4-5,12,15-16H,2-3,6-11H2,1H3,(H2,19,24). The lowest BCUT2D eigenvalue weighted by molar-refractivity contribution is -0.133. The van der Waals surface area contributed by atoms with Crippen LogP contribution in [0.25, 0.3) is 0 Å². The molecule has 3 heterocycles. The highest BCUT2D eigenvalue weighted by molar-refractivity contribution is 5.80. The Morgan fingerprint density at radius 1 is 1.21 bits per heavy atom. The van der Waals surface area contributed by atoms with E-state index in [1.807, 2.05) is 24.0 Å². The molecule has 1 aromatic rings. The Balaban J connectivity index is 1.52. The van der Waals surface area contributed by atoms with E-state index in [2.05, 4.69) is 9.88 Å². The van der Waals surface area contributed by atoms with Gasteiger partial charge in [0.15, 0.2) is 0 Å². The molecule has 1 aromatic heterocycles. The average Bonchev–Trinajstić information content (AvgIpc) is 3.07. The highest BCUT2D eigenvalue weighted by Gasteiger charge is 2.36. The van der Waals surface area contributed by atoms with E-state index in [0.29, 0.717) is 12.5 Å². The van der Waals surface area contributed by atoms with E-state index < -0.39 is 0 Å². The first-order valence-corrected chi connectivity index (χ1v) is 8.79. The molecule has 2 aliphatic heterocycles. The predicted octanol–water partition coefficient (Wildman–Crippen LogP) is 0.873. The van der Waals surface area contributed by atoms with Gasteiger partial charge in [-0.3, -0.25) is 19.5 Å². The fourth-order valence-corrected chi connectivity index (χ4v) is 3.87. The second kappa shape index (κ2) is 7.30. The molecule has 2 N–H and O–H groups in total. The molecule has 1 unspecified atom stereocenters. The highest BCUT2D eigenvalue weighted by Crippen LogP contribution is 2.26. The third-order valence-electron chi connectivity index (χ3n) is 5.24. The zero-order valence-electron chi connectivity index (χ0n) is 14.3. The topological polar surface area (TPSA) is 79.5 Å². The molecule has 2 saturated heterocycles. The van der Waals surface area contributed by atoms with Gasteiger partial charge in [0.25, 0.3) is 0 Å². The molecule has 0 aliphatic carbocycles. The smallest absolute Gasteiger partial charge is 0.234 e. The zero-order valence-corrected chi connectivity index (χ0v) is 14.3. The molecule has 2 amide bonds. The molecule has 0 saturated carbocycles. The van der Waals surface area contributed by atoms with Crippen LogP contribution in [0, 0.1) is 6.92 Å². The van der Waals surface area contributed by atoms with E-state index >= 15 is 0 Å². The second-order valence-electron chi connectivity index (χ2n) is 6.89. The van der Waals surface area contributed by atoms with Gasteiger partial charge in [0.2, 0.25) is 11.8 Å². The van der Waals surface area contributed by atoms with Crippen LogP contribution in [-0.4, -0.2) is 58.3 Å². The second-order valence-corrected chi connectivity index (χ2v) is 6.89. The Kier molecular flexibility index (Phi) is 5.14. The lowest BCUT2D eigenvalue weighted by atomic mass is 10.0. The number of carbonyl (C=O) groups is 2. The molecule has 0 spiro atoms.